The average Bonchev–Trinajstić information content (AvgIpc) is 3.09. The van der Waals surface area contributed by atoms with Crippen molar-refractivity contribution in [3.05, 3.63) is 40.2 Å². The Hall–Kier alpha value is -3.39. The van der Waals surface area contributed by atoms with E-state index in [4.69, 9.17) is 13.9 Å². The molecule has 2 aromatic carbocycles. The van der Waals surface area contributed by atoms with E-state index >= 15 is 0 Å². The maximum atomic E-state index is 13.1. The van der Waals surface area contributed by atoms with Crippen molar-refractivity contribution in [1.29, 1.82) is 0 Å². The van der Waals surface area contributed by atoms with Crippen LogP contribution in [0.3, 0.4) is 0 Å². The Bertz CT molecular complexity index is 1190. The van der Waals surface area contributed by atoms with Crippen LogP contribution in [0.4, 0.5) is 0 Å². The molecule has 0 fully saturated rings. The smallest absolute Gasteiger partial charge is 0.204 e. The van der Waals surface area contributed by atoms with E-state index in [1.165, 1.54) is 25.5 Å². The molecule has 0 radical (unpaired) electrons. The molecule has 0 saturated heterocycles. The summed E-state index contributed by atoms with van der Waals surface area (Å²) in [5.74, 6) is -0.424. The van der Waals surface area contributed by atoms with Crippen LogP contribution in [0, 0.1) is 0 Å². The predicted molar refractivity (Wildman–Crippen MR) is 104 cm³/mol. The summed E-state index contributed by atoms with van der Waals surface area (Å²) < 4.78 is 16.6. The molecule has 152 valence electrons. The zero-order chi connectivity index (χ0) is 21.1. The molecule has 0 aliphatic carbocycles. The molecule has 1 aliphatic rings. The van der Waals surface area contributed by atoms with Crippen molar-refractivity contribution in [2.75, 3.05) is 7.11 Å². The van der Waals surface area contributed by atoms with E-state index in [9.17, 15) is 25.2 Å². The number of hydrogen-bond donors (Lipinski definition) is 4. The first-order chi connectivity index (χ1) is 13.6. The van der Waals surface area contributed by atoms with E-state index in [0.29, 0.717) is 11.1 Å². The zero-order valence-electron chi connectivity index (χ0n) is 16.0. The first-order valence-electron chi connectivity index (χ1n) is 8.91. The van der Waals surface area contributed by atoms with Crippen LogP contribution in [0.1, 0.15) is 19.4 Å². The quantitative estimate of drug-likeness (QED) is 0.528. The number of methoxy groups -OCH3 is 1. The lowest BCUT2D eigenvalue weighted by Gasteiger charge is -2.24. The highest BCUT2D eigenvalue weighted by molar-refractivity contribution is 5.89. The van der Waals surface area contributed by atoms with Crippen LogP contribution in [-0.2, 0) is 6.42 Å². The Kier molecular flexibility index (Phi) is 4.13. The molecule has 1 aliphatic heterocycles. The summed E-state index contributed by atoms with van der Waals surface area (Å²) in [5.41, 5.74) is -0.947. The topological polar surface area (TPSA) is 130 Å². The van der Waals surface area contributed by atoms with E-state index in [0.717, 1.165) is 6.07 Å². The van der Waals surface area contributed by atoms with Crippen LogP contribution in [0.25, 0.3) is 22.1 Å². The normalized spacial score (nSPS) is 15.9. The minimum absolute atomic E-state index is 0.0222. The minimum atomic E-state index is -1.19. The molecular weight excluding hydrogens is 380 g/mol. The molecular formula is C21H20O8. The van der Waals surface area contributed by atoms with E-state index in [-0.39, 0.29) is 46.0 Å². The summed E-state index contributed by atoms with van der Waals surface area (Å²) >= 11 is 0. The Balaban J connectivity index is 1.99. The minimum Gasteiger partial charge on any atom is -0.508 e. The van der Waals surface area contributed by atoms with E-state index < -0.39 is 22.9 Å². The van der Waals surface area contributed by atoms with Crippen molar-refractivity contribution in [2.24, 2.45) is 0 Å². The standard InChI is InChI=1S/C21H20O8/c1-21(2,26)16-7-11-18(24)15(27-3)6-10(20(11)29-16)12-8-28-14-5-9(22)4-13(23)17(14)19(12)25/h4-6,8,16,22-24,26H,7H2,1-3H3. The van der Waals surface area contributed by atoms with Crippen LogP contribution in [-0.4, -0.2) is 39.2 Å². The number of rotatable bonds is 3. The fraction of sp³-hybridized carbons (Fsp3) is 0.286. The van der Waals surface area contributed by atoms with Gasteiger partial charge in [-0.1, -0.05) is 0 Å². The molecule has 1 unspecified atom stereocenters. The zero-order valence-corrected chi connectivity index (χ0v) is 16.0. The molecule has 0 saturated carbocycles. The number of phenolic OH excluding ortho intramolecular Hbond substituents is 3. The largest absolute Gasteiger partial charge is 0.508 e. The van der Waals surface area contributed by atoms with Crippen molar-refractivity contribution in [1.82, 2.24) is 0 Å². The molecule has 29 heavy (non-hydrogen) atoms. The Labute approximate surface area is 165 Å². The molecule has 3 aromatic rings. The van der Waals surface area contributed by atoms with Crippen LogP contribution in [0.5, 0.6) is 28.7 Å². The fourth-order valence-electron chi connectivity index (χ4n) is 3.53. The molecule has 4 rings (SSSR count). The molecule has 1 aromatic heterocycles. The van der Waals surface area contributed by atoms with E-state index in [1.807, 2.05) is 0 Å². The SMILES string of the molecule is COc1cc(-c2coc3cc(O)cc(O)c3c2=O)c2c(c1O)CC(C(C)(C)O)O2. The summed E-state index contributed by atoms with van der Waals surface area (Å²) in [6.45, 7) is 3.18. The highest BCUT2D eigenvalue weighted by Gasteiger charge is 2.39. The van der Waals surface area contributed by atoms with Gasteiger partial charge in [-0.05, 0) is 19.9 Å². The van der Waals surface area contributed by atoms with Gasteiger partial charge in [-0.3, -0.25) is 4.79 Å². The highest BCUT2D eigenvalue weighted by Crippen LogP contribution is 2.49. The number of phenols is 3. The lowest BCUT2D eigenvalue weighted by atomic mass is 9.95. The number of aromatic hydroxyl groups is 3. The van der Waals surface area contributed by atoms with Gasteiger partial charge in [-0.25, -0.2) is 0 Å². The molecule has 1 atom stereocenters. The summed E-state index contributed by atoms with van der Waals surface area (Å²) in [7, 11) is 1.38. The number of fused-ring (bicyclic) bond motifs is 2. The van der Waals surface area contributed by atoms with Crippen LogP contribution >= 0.6 is 0 Å². The number of aliphatic hydroxyl groups is 1. The number of benzene rings is 2. The second-order valence-corrected chi connectivity index (χ2v) is 7.56. The van der Waals surface area contributed by atoms with Crippen molar-refractivity contribution in [3.63, 3.8) is 0 Å². The Morgan fingerprint density at radius 1 is 1.14 bits per heavy atom. The van der Waals surface area contributed by atoms with Crippen molar-refractivity contribution >= 4 is 11.0 Å². The number of hydrogen-bond acceptors (Lipinski definition) is 8. The molecule has 2 heterocycles. The maximum Gasteiger partial charge on any atom is 0.204 e. The molecule has 8 nitrogen and oxygen atoms in total. The molecule has 0 bridgehead atoms. The van der Waals surface area contributed by atoms with Crippen LogP contribution in [0.2, 0.25) is 0 Å². The third-order valence-electron chi connectivity index (χ3n) is 5.10. The van der Waals surface area contributed by atoms with Gasteiger partial charge in [0.15, 0.2) is 11.5 Å². The van der Waals surface area contributed by atoms with Gasteiger partial charge in [0.1, 0.15) is 40.6 Å². The van der Waals surface area contributed by atoms with Gasteiger partial charge < -0.3 is 34.3 Å². The first kappa shape index (κ1) is 18.9. The van der Waals surface area contributed by atoms with Crippen molar-refractivity contribution in [2.45, 2.75) is 32.0 Å². The lowest BCUT2D eigenvalue weighted by Crippen LogP contribution is -2.39. The van der Waals surface area contributed by atoms with Gasteiger partial charge >= 0.3 is 0 Å². The highest BCUT2D eigenvalue weighted by atomic mass is 16.5. The summed E-state index contributed by atoms with van der Waals surface area (Å²) in [4.78, 5) is 13.1. The molecule has 0 spiro atoms. The molecule has 4 N–H and O–H groups in total. The maximum absolute atomic E-state index is 13.1. The van der Waals surface area contributed by atoms with Crippen LogP contribution < -0.4 is 14.9 Å². The van der Waals surface area contributed by atoms with Gasteiger partial charge in [0.2, 0.25) is 5.43 Å². The van der Waals surface area contributed by atoms with Crippen molar-refractivity contribution < 1.29 is 34.3 Å². The average molecular weight is 400 g/mol. The van der Waals surface area contributed by atoms with Gasteiger partial charge in [-0.2, -0.15) is 0 Å². The van der Waals surface area contributed by atoms with Gasteiger partial charge in [0.05, 0.1) is 18.3 Å². The molecule has 8 heteroatoms. The third kappa shape index (κ3) is 2.92. The fourth-order valence-corrected chi connectivity index (χ4v) is 3.53. The second kappa shape index (κ2) is 6.31. The Morgan fingerprint density at radius 2 is 1.86 bits per heavy atom. The third-order valence-corrected chi connectivity index (χ3v) is 5.10. The van der Waals surface area contributed by atoms with E-state index in [2.05, 4.69) is 0 Å². The summed E-state index contributed by atoms with van der Waals surface area (Å²) in [6, 6.07) is 3.71. The van der Waals surface area contributed by atoms with Gasteiger partial charge in [-0.15, -0.1) is 0 Å². The number of ether oxygens (including phenoxy) is 2. The lowest BCUT2D eigenvalue weighted by molar-refractivity contribution is -0.0227. The Morgan fingerprint density at radius 3 is 2.52 bits per heavy atom. The monoisotopic (exact) mass is 400 g/mol. The summed E-state index contributed by atoms with van der Waals surface area (Å²) in [5, 5.41) is 40.5. The first-order valence-corrected chi connectivity index (χ1v) is 8.91. The summed E-state index contributed by atoms with van der Waals surface area (Å²) in [6.07, 6.45) is 0.760. The van der Waals surface area contributed by atoms with E-state index in [1.54, 1.807) is 13.8 Å². The van der Waals surface area contributed by atoms with Crippen molar-refractivity contribution in [3.8, 4) is 39.9 Å². The predicted octanol–water partition coefficient (Wildman–Crippen LogP) is 2.66. The molecule has 0 amide bonds. The van der Waals surface area contributed by atoms with Gasteiger partial charge in [0.25, 0.3) is 0 Å². The van der Waals surface area contributed by atoms with Crippen LogP contribution in [0.15, 0.2) is 33.7 Å². The van der Waals surface area contributed by atoms with Gasteiger partial charge in [0, 0.05) is 29.7 Å². The second-order valence-electron chi connectivity index (χ2n) is 7.56.